The van der Waals surface area contributed by atoms with Crippen LogP contribution in [0.1, 0.15) is 57.2 Å². The highest BCUT2D eigenvalue weighted by Gasteiger charge is 2.36. The maximum absolute atomic E-state index is 12.7. The van der Waals surface area contributed by atoms with E-state index in [1.807, 2.05) is 22.9 Å². The Morgan fingerprint density at radius 2 is 1.75 bits per heavy atom. The van der Waals surface area contributed by atoms with Gasteiger partial charge in [-0.15, -0.1) is 0 Å². The third-order valence-electron chi connectivity index (χ3n) is 6.48. The molecular formula is C24H22N4O4. The van der Waals surface area contributed by atoms with Crippen molar-refractivity contribution in [2.75, 3.05) is 13.6 Å². The molecule has 1 unspecified atom stereocenters. The third-order valence-corrected chi connectivity index (χ3v) is 6.48. The zero-order valence-electron chi connectivity index (χ0n) is 17.7. The minimum Gasteiger partial charge on any atom is -0.477 e. The number of hydrogen-bond acceptors (Lipinski definition) is 5. The Bertz CT molecular complexity index is 1260. The molecule has 1 aromatic carbocycles. The number of nitrogens with zero attached hydrogens (tertiary/aromatic N) is 4. The lowest BCUT2D eigenvalue weighted by atomic mass is 10.1. The predicted molar refractivity (Wildman–Crippen MR) is 114 cm³/mol. The van der Waals surface area contributed by atoms with E-state index < -0.39 is 6.10 Å². The first-order valence-electron chi connectivity index (χ1n) is 10.9. The number of imidazole rings is 1. The largest absolute Gasteiger partial charge is 0.477 e. The molecule has 2 aliphatic heterocycles. The SMILES string of the molecule is CN1CCC(Oc2cc(C3CC3)cn3cc(CN4C(=O)c5ccccc5C4=O)nc23)C1=O. The highest BCUT2D eigenvalue weighted by Crippen LogP contribution is 2.42. The van der Waals surface area contributed by atoms with Gasteiger partial charge in [0.25, 0.3) is 17.7 Å². The number of benzene rings is 1. The lowest BCUT2D eigenvalue weighted by molar-refractivity contribution is -0.132. The molecule has 0 spiro atoms. The molecule has 8 heteroatoms. The van der Waals surface area contributed by atoms with Crippen LogP contribution >= 0.6 is 0 Å². The lowest BCUT2D eigenvalue weighted by Crippen LogP contribution is -2.29. The van der Waals surface area contributed by atoms with Crippen LogP contribution in [-0.2, 0) is 11.3 Å². The minimum atomic E-state index is -0.519. The van der Waals surface area contributed by atoms with Gasteiger partial charge in [-0.2, -0.15) is 0 Å². The number of imide groups is 1. The molecule has 2 aromatic heterocycles. The molecule has 0 radical (unpaired) electrons. The van der Waals surface area contributed by atoms with Crippen molar-refractivity contribution in [2.45, 2.75) is 37.8 Å². The summed E-state index contributed by atoms with van der Waals surface area (Å²) in [5, 5.41) is 0. The van der Waals surface area contributed by atoms with Gasteiger partial charge in [0.2, 0.25) is 0 Å². The van der Waals surface area contributed by atoms with Crippen molar-refractivity contribution in [1.82, 2.24) is 19.2 Å². The predicted octanol–water partition coefficient (Wildman–Crippen LogP) is 2.62. The van der Waals surface area contributed by atoms with Gasteiger partial charge in [0.15, 0.2) is 17.5 Å². The Labute approximate surface area is 184 Å². The number of likely N-dealkylation sites (N-methyl/N-ethyl adjacent to an activating group) is 1. The number of hydrogen-bond donors (Lipinski definition) is 0. The van der Waals surface area contributed by atoms with Crippen molar-refractivity contribution < 1.29 is 19.1 Å². The fraction of sp³-hybridized carbons (Fsp3) is 0.333. The van der Waals surface area contributed by atoms with Crippen molar-refractivity contribution in [2.24, 2.45) is 0 Å². The number of fused-ring (bicyclic) bond motifs is 2. The Morgan fingerprint density at radius 3 is 2.38 bits per heavy atom. The summed E-state index contributed by atoms with van der Waals surface area (Å²) in [7, 11) is 1.78. The Balaban J connectivity index is 1.34. The molecule has 3 aliphatic rings. The van der Waals surface area contributed by atoms with Gasteiger partial charge < -0.3 is 14.0 Å². The van der Waals surface area contributed by atoms with Crippen molar-refractivity contribution in [1.29, 1.82) is 0 Å². The first-order chi connectivity index (χ1) is 15.5. The van der Waals surface area contributed by atoms with E-state index in [9.17, 15) is 14.4 Å². The summed E-state index contributed by atoms with van der Waals surface area (Å²) >= 11 is 0. The number of ether oxygens (including phenoxy) is 1. The lowest BCUT2D eigenvalue weighted by Gasteiger charge is -2.14. The molecule has 1 saturated carbocycles. The standard InChI is InChI=1S/C24H22N4O4/c1-26-9-8-19(24(26)31)32-20-10-15(14-6-7-14)11-27-12-16(25-21(20)27)13-28-22(29)17-4-2-3-5-18(17)23(28)30/h2-5,10-12,14,19H,6-9,13H2,1H3. The quantitative estimate of drug-likeness (QED) is 0.581. The molecule has 3 aromatic rings. The van der Waals surface area contributed by atoms with Gasteiger partial charge in [-0.25, -0.2) is 4.98 Å². The minimum absolute atomic E-state index is 0.0298. The van der Waals surface area contributed by atoms with E-state index in [1.54, 1.807) is 36.2 Å². The normalized spacial score (nSPS) is 20.5. The molecule has 32 heavy (non-hydrogen) atoms. The summed E-state index contributed by atoms with van der Waals surface area (Å²) in [6.07, 6.45) is 6.24. The molecule has 3 amide bonds. The van der Waals surface area contributed by atoms with E-state index in [2.05, 4.69) is 4.98 Å². The number of likely N-dealkylation sites (tertiary alicyclic amines) is 1. The molecule has 1 saturated heterocycles. The average Bonchev–Trinajstić information content (AvgIpc) is 3.44. The molecule has 4 heterocycles. The summed E-state index contributed by atoms with van der Waals surface area (Å²) in [6, 6.07) is 8.83. The van der Waals surface area contributed by atoms with Crippen LogP contribution in [0.5, 0.6) is 5.75 Å². The maximum atomic E-state index is 12.7. The van der Waals surface area contributed by atoms with E-state index in [1.165, 1.54) is 4.90 Å². The van der Waals surface area contributed by atoms with Crippen LogP contribution in [-0.4, -0.2) is 56.6 Å². The fourth-order valence-electron chi connectivity index (χ4n) is 4.54. The van der Waals surface area contributed by atoms with Gasteiger partial charge in [0, 0.05) is 32.4 Å². The zero-order valence-corrected chi connectivity index (χ0v) is 17.7. The Hall–Kier alpha value is -3.68. The van der Waals surface area contributed by atoms with Crippen molar-refractivity contribution in [3.63, 3.8) is 0 Å². The van der Waals surface area contributed by atoms with Crippen molar-refractivity contribution in [3.05, 3.63) is 65.1 Å². The van der Waals surface area contributed by atoms with Crippen LogP contribution < -0.4 is 4.74 Å². The number of carbonyl (C=O) groups is 3. The molecular weight excluding hydrogens is 408 g/mol. The maximum Gasteiger partial charge on any atom is 0.263 e. The Kier molecular flexibility index (Phi) is 4.11. The van der Waals surface area contributed by atoms with Gasteiger partial charge in [0.05, 0.1) is 23.4 Å². The molecule has 2 fully saturated rings. The summed E-state index contributed by atoms with van der Waals surface area (Å²) in [5.41, 5.74) is 3.17. The molecule has 1 atom stereocenters. The molecule has 8 nitrogen and oxygen atoms in total. The van der Waals surface area contributed by atoms with E-state index in [0.717, 1.165) is 18.4 Å². The summed E-state index contributed by atoms with van der Waals surface area (Å²) < 4.78 is 8.03. The first kappa shape index (κ1) is 19.0. The monoisotopic (exact) mass is 430 g/mol. The first-order valence-corrected chi connectivity index (χ1v) is 10.9. The second-order valence-electron chi connectivity index (χ2n) is 8.77. The summed E-state index contributed by atoms with van der Waals surface area (Å²) in [6.45, 7) is 0.749. The van der Waals surface area contributed by atoms with Gasteiger partial charge >= 0.3 is 0 Å². The summed E-state index contributed by atoms with van der Waals surface area (Å²) in [4.78, 5) is 45.5. The number of pyridine rings is 1. The van der Waals surface area contributed by atoms with E-state index in [0.29, 0.717) is 47.1 Å². The summed E-state index contributed by atoms with van der Waals surface area (Å²) in [5.74, 6) is 0.412. The van der Waals surface area contributed by atoms with Gasteiger partial charge in [0.1, 0.15) is 0 Å². The second-order valence-corrected chi connectivity index (χ2v) is 8.77. The van der Waals surface area contributed by atoms with Crippen LogP contribution in [0.3, 0.4) is 0 Å². The van der Waals surface area contributed by atoms with Crippen molar-refractivity contribution >= 4 is 23.4 Å². The molecule has 0 bridgehead atoms. The molecule has 6 rings (SSSR count). The van der Waals surface area contributed by atoms with Gasteiger partial charge in [-0.3, -0.25) is 19.3 Å². The highest BCUT2D eigenvalue weighted by molar-refractivity contribution is 6.21. The van der Waals surface area contributed by atoms with E-state index in [4.69, 9.17) is 4.74 Å². The number of carbonyl (C=O) groups excluding carboxylic acids is 3. The number of rotatable bonds is 5. The zero-order chi connectivity index (χ0) is 22.0. The number of amides is 3. The van der Waals surface area contributed by atoms with Crippen LogP contribution in [0.15, 0.2) is 42.7 Å². The fourth-order valence-corrected chi connectivity index (χ4v) is 4.54. The third kappa shape index (κ3) is 2.97. The molecule has 162 valence electrons. The van der Waals surface area contributed by atoms with Gasteiger partial charge in [-0.1, -0.05) is 12.1 Å². The highest BCUT2D eigenvalue weighted by atomic mass is 16.5. The topological polar surface area (TPSA) is 84.2 Å². The average molecular weight is 430 g/mol. The van der Waals surface area contributed by atoms with Gasteiger partial charge in [-0.05, 0) is 42.5 Å². The van der Waals surface area contributed by atoms with Crippen LogP contribution in [0.4, 0.5) is 0 Å². The van der Waals surface area contributed by atoms with Crippen LogP contribution in [0, 0.1) is 0 Å². The molecule has 0 N–H and O–H groups in total. The molecule has 1 aliphatic carbocycles. The van der Waals surface area contributed by atoms with Crippen molar-refractivity contribution in [3.8, 4) is 5.75 Å². The smallest absolute Gasteiger partial charge is 0.263 e. The van der Waals surface area contributed by atoms with Crippen LogP contribution in [0.2, 0.25) is 0 Å². The Morgan fingerprint density at radius 1 is 1.03 bits per heavy atom. The van der Waals surface area contributed by atoms with Crippen LogP contribution in [0.25, 0.3) is 5.65 Å². The van der Waals surface area contributed by atoms with E-state index >= 15 is 0 Å². The number of aromatic nitrogens is 2. The van der Waals surface area contributed by atoms with E-state index in [-0.39, 0.29) is 24.3 Å². The second kappa shape index (κ2) is 6.91.